The Morgan fingerprint density at radius 2 is 2.00 bits per heavy atom. The Balaban J connectivity index is 1.35. The van der Waals surface area contributed by atoms with Crippen LogP contribution in [-0.2, 0) is 9.59 Å². The zero-order valence-corrected chi connectivity index (χ0v) is 17.4. The lowest BCUT2D eigenvalue weighted by atomic mass is 9.54. The maximum atomic E-state index is 13.4. The van der Waals surface area contributed by atoms with Crippen molar-refractivity contribution >= 4 is 34.4 Å². The maximum absolute atomic E-state index is 13.4. The van der Waals surface area contributed by atoms with Crippen LogP contribution in [-0.4, -0.2) is 39.0 Å². The number of amides is 1. The van der Waals surface area contributed by atoms with Crippen molar-refractivity contribution in [3.8, 4) is 0 Å². The first-order chi connectivity index (χ1) is 13.8. The second-order valence-corrected chi connectivity index (χ2v) is 10.0. The van der Waals surface area contributed by atoms with Crippen LogP contribution in [0.4, 0.5) is 0 Å². The molecule has 2 aliphatic carbocycles. The van der Waals surface area contributed by atoms with E-state index in [9.17, 15) is 14.7 Å². The fraction of sp³-hybridized carbons (Fsp3) is 0.565. The van der Waals surface area contributed by atoms with Crippen molar-refractivity contribution in [3.63, 3.8) is 0 Å². The van der Waals surface area contributed by atoms with Gasteiger partial charge in [0.1, 0.15) is 0 Å². The molecule has 1 aromatic heterocycles. The highest BCUT2D eigenvalue weighted by Crippen LogP contribution is 2.57. The lowest BCUT2D eigenvalue weighted by molar-refractivity contribution is -0.163. The van der Waals surface area contributed by atoms with Crippen molar-refractivity contribution in [2.24, 2.45) is 11.3 Å². The molecule has 29 heavy (non-hydrogen) atoms. The predicted octanol–water partition coefficient (Wildman–Crippen LogP) is 4.95. The number of aliphatic carboxylic acids is 1. The standard InChI is InChI=1S/C23H27ClN2O3/c1-13(17-12-25-19-4-2-3-18(24)22(17)19)5-20(27)26-15-6-14-7-16(26)10-23(8-14,9-15)11-21(28)29/h2-4,12-16,25H,5-11H2,1H3,(H,28,29). The molecule has 6 rings (SSSR count). The van der Waals surface area contributed by atoms with Crippen LogP contribution < -0.4 is 0 Å². The summed E-state index contributed by atoms with van der Waals surface area (Å²) in [6, 6.07) is 6.24. The van der Waals surface area contributed by atoms with Gasteiger partial charge in [0, 0.05) is 35.6 Å². The molecule has 2 aliphatic heterocycles. The number of carboxylic acid groups (broad SMARTS) is 1. The number of aromatic amines is 1. The predicted molar refractivity (Wildman–Crippen MR) is 112 cm³/mol. The summed E-state index contributed by atoms with van der Waals surface area (Å²) >= 11 is 6.43. The van der Waals surface area contributed by atoms with Gasteiger partial charge in [0.2, 0.25) is 5.91 Å². The van der Waals surface area contributed by atoms with Crippen LogP contribution in [0.2, 0.25) is 5.02 Å². The van der Waals surface area contributed by atoms with Crippen LogP contribution in [0, 0.1) is 11.3 Å². The summed E-state index contributed by atoms with van der Waals surface area (Å²) in [6.07, 6.45) is 7.50. The van der Waals surface area contributed by atoms with E-state index in [-0.39, 0.29) is 35.7 Å². The second kappa shape index (κ2) is 6.76. The van der Waals surface area contributed by atoms with Gasteiger partial charge >= 0.3 is 5.97 Å². The number of hydrogen-bond donors (Lipinski definition) is 2. The highest BCUT2D eigenvalue weighted by molar-refractivity contribution is 6.35. The third-order valence-electron chi connectivity index (χ3n) is 7.57. The fourth-order valence-corrected chi connectivity index (χ4v) is 7.04. The Bertz CT molecular complexity index is 968. The Morgan fingerprint density at radius 1 is 1.28 bits per heavy atom. The summed E-state index contributed by atoms with van der Waals surface area (Å²) in [4.78, 5) is 30.2. The van der Waals surface area contributed by atoms with Crippen LogP contribution in [0.1, 0.15) is 63.4 Å². The summed E-state index contributed by atoms with van der Waals surface area (Å²) in [5.74, 6) is 0.162. The van der Waals surface area contributed by atoms with Crippen LogP contribution in [0.5, 0.6) is 0 Å². The van der Waals surface area contributed by atoms with Crippen molar-refractivity contribution < 1.29 is 14.7 Å². The third kappa shape index (κ3) is 3.14. The minimum absolute atomic E-state index is 0.0707. The smallest absolute Gasteiger partial charge is 0.303 e. The highest BCUT2D eigenvalue weighted by Gasteiger charge is 2.56. The van der Waals surface area contributed by atoms with Gasteiger partial charge in [-0.15, -0.1) is 0 Å². The number of piperidine rings is 2. The molecular weight excluding hydrogens is 388 g/mol. The summed E-state index contributed by atoms with van der Waals surface area (Å²) in [5, 5.41) is 11.1. The lowest BCUT2D eigenvalue weighted by Crippen LogP contribution is -2.63. The van der Waals surface area contributed by atoms with Gasteiger partial charge in [0.05, 0.1) is 11.4 Å². The number of benzene rings is 1. The van der Waals surface area contributed by atoms with Gasteiger partial charge in [0.15, 0.2) is 0 Å². The summed E-state index contributed by atoms with van der Waals surface area (Å²) < 4.78 is 0. The van der Waals surface area contributed by atoms with E-state index in [1.54, 1.807) is 0 Å². The van der Waals surface area contributed by atoms with E-state index in [0.29, 0.717) is 17.4 Å². The molecule has 2 N–H and O–H groups in total. The van der Waals surface area contributed by atoms with Crippen LogP contribution >= 0.6 is 11.6 Å². The number of H-pyrrole nitrogens is 1. The SMILES string of the molecule is CC(CC(=O)N1C2CC3CC1CC(CC(=O)O)(C3)C2)c1c[nH]c2cccc(Cl)c12. The number of halogens is 1. The molecule has 4 fully saturated rings. The van der Waals surface area contributed by atoms with E-state index in [0.717, 1.165) is 48.6 Å². The third-order valence-corrected chi connectivity index (χ3v) is 7.88. The molecule has 0 spiro atoms. The first-order valence-electron chi connectivity index (χ1n) is 10.6. The molecule has 3 unspecified atom stereocenters. The largest absolute Gasteiger partial charge is 0.481 e. The normalized spacial score (nSPS) is 31.4. The number of carboxylic acids is 1. The average Bonchev–Trinajstić information content (AvgIpc) is 3.05. The number of aromatic nitrogens is 1. The van der Waals surface area contributed by atoms with Crippen molar-refractivity contribution in [1.82, 2.24) is 9.88 Å². The molecule has 3 atom stereocenters. The van der Waals surface area contributed by atoms with Gasteiger partial charge in [-0.1, -0.05) is 24.6 Å². The first-order valence-corrected chi connectivity index (χ1v) is 11.0. The number of hydrogen-bond acceptors (Lipinski definition) is 2. The quantitative estimate of drug-likeness (QED) is 0.726. The molecule has 1 amide bonds. The van der Waals surface area contributed by atoms with E-state index in [1.807, 2.05) is 24.4 Å². The first kappa shape index (κ1) is 19.0. The molecule has 5 nitrogen and oxygen atoms in total. The van der Waals surface area contributed by atoms with Crippen molar-refractivity contribution in [2.45, 2.75) is 69.9 Å². The summed E-state index contributed by atoms with van der Waals surface area (Å²) in [6.45, 7) is 2.09. The topological polar surface area (TPSA) is 73.4 Å². The van der Waals surface area contributed by atoms with Gasteiger partial charge < -0.3 is 15.0 Å². The number of nitrogens with zero attached hydrogens (tertiary/aromatic N) is 1. The molecule has 6 heteroatoms. The second-order valence-electron chi connectivity index (χ2n) is 9.64. The Hall–Kier alpha value is -2.01. The van der Waals surface area contributed by atoms with Gasteiger partial charge in [-0.3, -0.25) is 9.59 Å². The monoisotopic (exact) mass is 414 g/mol. The number of carbonyl (C=O) groups is 2. The van der Waals surface area contributed by atoms with E-state index < -0.39 is 5.97 Å². The summed E-state index contributed by atoms with van der Waals surface area (Å²) in [5.41, 5.74) is 2.00. The zero-order valence-electron chi connectivity index (χ0n) is 16.7. The van der Waals surface area contributed by atoms with E-state index >= 15 is 0 Å². The average molecular weight is 415 g/mol. The Labute approximate surface area is 175 Å². The molecule has 2 saturated carbocycles. The van der Waals surface area contributed by atoms with Crippen LogP contribution in [0.25, 0.3) is 10.9 Å². The summed E-state index contributed by atoms with van der Waals surface area (Å²) in [7, 11) is 0. The number of nitrogens with one attached hydrogen (secondary N) is 1. The van der Waals surface area contributed by atoms with Gasteiger partial charge in [-0.25, -0.2) is 0 Å². The molecule has 2 aromatic rings. The van der Waals surface area contributed by atoms with Crippen molar-refractivity contribution in [1.29, 1.82) is 0 Å². The number of rotatable bonds is 5. The molecule has 3 heterocycles. The van der Waals surface area contributed by atoms with Crippen molar-refractivity contribution in [2.75, 3.05) is 0 Å². The van der Waals surface area contributed by atoms with E-state index in [4.69, 9.17) is 11.6 Å². The highest BCUT2D eigenvalue weighted by atomic mass is 35.5. The molecule has 154 valence electrons. The molecule has 4 aliphatic rings. The lowest BCUT2D eigenvalue weighted by Gasteiger charge is -2.61. The maximum Gasteiger partial charge on any atom is 0.303 e. The Morgan fingerprint density at radius 3 is 2.69 bits per heavy atom. The van der Waals surface area contributed by atoms with E-state index in [1.165, 1.54) is 0 Å². The zero-order chi connectivity index (χ0) is 20.3. The fourth-order valence-electron chi connectivity index (χ4n) is 6.76. The number of fused-ring (bicyclic) bond motifs is 1. The minimum atomic E-state index is -0.699. The van der Waals surface area contributed by atoms with Gasteiger partial charge in [0.25, 0.3) is 0 Å². The van der Waals surface area contributed by atoms with Crippen LogP contribution in [0.3, 0.4) is 0 Å². The molecule has 1 aromatic carbocycles. The van der Waals surface area contributed by atoms with Gasteiger partial charge in [-0.2, -0.15) is 0 Å². The van der Waals surface area contributed by atoms with E-state index in [2.05, 4.69) is 16.8 Å². The molecule has 2 saturated heterocycles. The number of carbonyl (C=O) groups excluding carboxylic acids is 1. The minimum Gasteiger partial charge on any atom is -0.481 e. The Kier molecular flexibility index (Phi) is 4.43. The van der Waals surface area contributed by atoms with Crippen molar-refractivity contribution in [3.05, 3.63) is 35.0 Å². The van der Waals surface area contributed by atoms with Gasteiger partial charge in [-0.05, 0) is 67.1 Å². The molecular formula is C23H27ClN2O3. The van der Waals surface area contributed by atoms with Crippen LogP contribution in [0.15, 0.2) is 24.4 Å². The molecule has 0 radical (unpaired) electrons. The molecule has 4 bridgehead atoms.